The lowest BCUT2D eigenvalue weighted by Gasteiger charge is -2.19. The van der Waals surface area contributed by atoms with Crippen LogP contribution in [-0.4, -0.2) is 25.0 Å². The average molecular weight is 304 g/mol. The van der Waals surface area contributed by atoms with E-state index in [-0.39, 0.29) is 17.6 Å². The zero-order valence-electron chi connectivity index (χ0n) is 11.5. The van der Waals surface area contributed by atoms with Crippen LogP contribution in [-0.2, 0) is 11.0 Å². The maximum atomic E-state index is 13.3. The van der Waals surface area contributed by atoms with Crippen molar-refractivity contribution < 1.29 is 22.4 Å². The SMILES string of the molecule is CCCNC1CCN(c2ccc(F)c(C(F)(F)F)c2)C1=O. The van der Waals surface area contributed by atoms with Crippen LogP contribution in [0.2, 0.25) is 0 Å². The molecule has 1 amide bonds. The number of benzene rings is 1. The van der Waals surface area contributed by atoms with Gasteiger partial charge in [-0.1, -0.05) is 6.92 Å². The number of rotatable bonds is 4. The second kappa shape index (κ2) is 6.01. The summed E-state index contributed by atoms with van der Waals surface area (Å²) in [4.78, 5) is 13.4. The highest BCUT2D eigenvalue weighted by molar-refractivity contribution is 5.99. The van der Waals surface area contributed by atoms with Gasteiger partial charge in [-0.05, 0) is 37.6 Å². The number of alkyl halides is 3. The molecule has 1 unspecified atom stereocenters. The Labute approximate surface area is 119 Å². The number of hydrogen-bond acceptors (Lipinski definition) is 2. The number of amides is 1. The van der Waals surface area contributed by atoms with E-state index in [0.29, 0.717) is 25.6 Å². The number of halogens is 4. The van der Waals surface area contributed by atoms with E-state index in [1.165, 1.54) is 11.0 Å². The molecule has 0 aromatic heterocycles. The Balaban J connectivity index is 2.22. The van der Waals surface area contributed by atoms with Crippen LogP contribution in [0.1, 0.15) is 25.3 Å². The van der Waals surface area contributed by atoms with Crippen molar-refractivity contribution in [2.24, 2.45) is 0 Å². The van der Waals surface area contributed by atoms with Gasteiger partial charge in [0.05, 0.1) is 11.6 Å². The lowest BCUT2D eigenvalue weighted by atomic mass is 10.1. The summed E-state index contributed by atoms with van der Waals surface area (Å²) in [6.45, 7) is 2.95. The van der Waals surface area contributed by atoms with Crippen molar-refractivity contribution in [3.8, 4) is 0 Å². The molecule has 3 nitrogen and oxygen atoms in total. The Kier molecular flexibility index (Phi) is 4.51. The Morgan fingerprint density at radius 1 is 1.38 bits per heavy atom. The lowest BCUT2D eigenvalue weighted by molar-refractivity contribution is -0.140. The number of anilines is 1. The van der Waals surface area contributed by atoms with Crippen molar-refractivity contribution in [1.29, 1.82) is 0 Å². The standard InChI is InChI=1S/C14H16F4N2O/c1-2-6-19-12-5-7-20(13(12)21)9-3-4-11(15)10(8-9)14(16,17)18/h3-4,8,12,19H,2,5-7H2,1H3. The number of carbonyl (C=O) groups is 1. The Hall–Kier alpha value is -1.63. The second-order valence-electron chi connectivity index (χ2n) is 4.95. The molecular formula is C14H16F4N2O. The van der Waals surface area contributed by atoms with Crippen LogP contribution < -0.4 is 10.2 Å². The fraction of sp³-hybridized carbons (Fsp3) is 0.500. The highest BCUT2D eigenvalue weighted by atomic mass is 19.4. The Morgan fingerprint density at radius 3 is 2.71 bits per heavy atom. The first-order valence-electron chi connectivity index (χ1n) is 6.76. The van der Waals surface area contributed by atoms with Gasteiger partial charge in [-0.2, -0.15) is 13.2 Å². The minimum absolute atomic E-state index is 0.0783. The molecule has 1 fully saturated rings. The first-order chi connectivity index (χ1) is 9.84. The zero-order valence-corrected chi connectivity index (χ0v) is 11.5. The van der Waals surface area contributed by atoms with Crippen molar-refractivity contribution in [2.75, 3.05) is 18.0 Å². The van der Waals surface area contributed by atoms with Crippen molar-refractivity contribution in [2.45, 2.75) is 32.0 Å². The molecule has 0 aliphatic carbocycles. The predicted molar refractivity (Wildman–Crippen MR) is 70.5 cm³/mol. The van der Waals surface area contributed by atoms with Gasteiger partial charge in [-0.15, -0.1) is 0 Å². The molecule has 0 saturated carbocycles. The molecule has 1 aliphatic heterocycles. The monoisotopic (exact) mass is 304 g/mol. The van der Waals surface area contributed by atoms with E-state index in [1.807, 2.05) is 6.92 Å². The molecule has 0 bridgehead atoms. The van der Waals surface area contributed by atoms with Gasteiger partial charge in [0, 0.05) is 12.2 Å². The molecule has 0 radical (unpaired) electrons. The summed E-state index contributed by atoms with van der Waals surface area (Å²) in [5, 5.41) is 3.05. The lowest BCUT2D eigenvalue weighted by Crippen LogP contribution is -2.38. The molecule has 1 N–H and O–H groups in total. The maximum Gasteiger partial charge on any atom is 0.419 e. The minimum atomic E-state index is -4.78. The van der Waals surface area contributed by atoms with Gasteiger partial charge in [0.15, 0.2) is 0 Å². The van der Waals surface area contributed by atoms with Gasteiger partial charge in [-0.3, -0.25) is 4.79 Å². The second-order valence-corrected chi connectivity index (χ2v) is 4.95. The summed E-state index contributed by atoms with van der Waals surface area (Å²) < 4.78 is 51.4. The number of nitrogens with one attached hydrogen (secondary N) is 1. The summed E-state index contributed by atoms with van der Waals surface area (Å²) in [6.07, 6.45) is -3.39. The van der Waals surface area contributed by atoms with Gasteiger partial charge >= 0.3 is 6.18 Å². The van der Waals surface area contributed by atoms with Gasteiger partial charge < -0.3 is 10.2 Å². The third-order valence-electron chi connectivity index (χ3n) is 3.41. The first-order valence-corrected chi connectivity index (χ1v) is 6.76. The molecule has 116 valence electrons. The van der Waals surface area contributed by atoms with E-state index >= 15 is 0 Å². The van der Waals surface area contributed by atoms with Crippen LogP contribution in [0.25, 0.3) is 0 Å². The first kappa shape index (κ1) is 15.8. The quantitative estimate of drug-likeness (QED) is 0.867. The molecule has 21 heavy (non-hydrogen) atoms. The average Bonchev–Trinajstić information content (AvgIpc) is 2.77. The summed E-state index contributed by atoms with van der Waals surface area (Å²) in [6, 6.07) is 2.25. The van der Waals surface area contributed by atoms with E-state index in [2.05, 4.69) is 5.32 Å². The van der Waals surface area contributed by atoms with Crippen molar-refractivity contribution in [3.63, 3.8) is 0 Å². The van der Waals surface area contributed by atoms with E-state index in [1.54, 1.807) is 0 Å². The van der Waals surface area contributed by atoms with Crippen LogP contribution >= 0.6 is 0 Å². The van der Waals surface area contributed by atoms with Gasteiger partial charge in [-0.25, -0.2) is 4.39 Å². The van der Waals surface area contributed by atoms with E-state index in [4.69, 9.17) is 0 Å². The molecule has 0 spiro atoms. The number of carbonyl (C=O) groups excluding carboxylic acids is 1. The van der Waals surface area contributed by atoms with Gasteiger partial charge in [0.1, 0.15) is 5.82 Å². The molecular weight excluding hydrogens is 288 g/mol. The van der Waals surface area contributed by atoms with Crippen LogP contribution in [0.5, 0.6) is 0 Å². The number of hydrogen-bond donors (Lipinski definition) is 1. The largest absolute Gasteiger partial charge is 0.419 e. The van der Waals surface area contributed by atoms with Crippen molar-refractivity contribution in [1.82, 2.24) is 5.32 Å². The zero-order chi connectivity index (χ0) is 15.6. The molecule has 7 heteroatoms. The van der Waals surface area contributed by atoms with Crippen LogP contribution in [0.15, 0.2) is 18.2 Å². The Morgan fingerprint density at radius 2 is 2.10 bits per heavy atom. The molecule has 1 aliphatic rings. The summed E-state index contributed by atoms with van der Waals surface area (Å²) in [5.41, 5.74) is -1.27. The van der Waals surface area contributed by atoms with Crippen molar-refractivity contribution in [3.05, 3.63) is 29.6 Å². The summed E-state index contributed by atoms with van der Waals surface area (Å²) in [5.74, 6) is -1.61. The van der Waals surface area contributed by atoms with Gasteiger partial charge in [0.25, 0.3) is 0 Å². The normalized spacial score (nSPS) is 19.4. The highest BCUT2D eigenvalue weighted by Gasteiger charge is 2.37. The minimum Gasteiger partial charge on any atom is -0.311 e. The molecule has 1 aromatic carbocycles. The maximum absolute atomic E-state index is 13.3. The third kappa shape index (κ3) is 3.34. The number of nitrogens with zero attached hydrogens (tertiary/aromatic N) is 1. The molecule has 1 aromatic rings. The van der Waals surface area contributed by atoms with Crippen LogP contribution in [0, 0.1) is 5.82 Å². The fourth-order valence-electron chi connectivity index (χ4n) is 2.34. The topological polar surface area (TPSA) is 32.3 Å². The van der Waals surface area contributed by atoms with Gasteiger partial charge in [0.2, 0.25) is 5.91 Å². The summed E-state index contributed by atoms with van der Waals surface area (Å²) in [7, 11) is 0. The van der Waals surface area contributed by atoms with E-state index in [0.717, 1.165) is 12.5 Å². The fourth-order valence-corrected chi connectivity index (χ4v) is 2.34. The molecule has 1 atom stereocenters. The third-order valence-corrected chi connectivity index (χ3v) is 3.41. The van der Waals surface area contributed by atoms with E-state index < -0.39 is 17.6 Å². The molecule has 2 rings (SSSR count). The molecule has 1 saturated heterocycles. The van der Waals surface area contributed by atoms with Crippen LogP contribution in [0.3, 0.4) is 0 Å². The smallest absolute Gasteiger partial charge is 0.311 e. The highest BCUT2D eigenvalue weighted by Crippen LogP contribution is 2.34. The van der Waals surface area contributed by atoms with E-state index in [9.17, 15) is 22.4 Å². The summed E-state index contributed by atoms with van der Waals surface area (Å²) >= 11 is 0. The predicted octanol–water partition coefficient (Wildman–Crippen LogP) is 2.95. The molecule has 1 heterocycles. The van der Waals surface area contributed by atoms with Crippen LogP contribution in [0.4, 0.5) is 23.2 Å². The van der Waals surface area contributed by atoms with Crippen molar-refractivity contribution >= 4 is 11.6 Å². The Bertz CT molecular complexity index is 530.